The lowest BCUT2D eigenvalue weighted by molar-refractivity contribution is -0.385. The summed E-state index contributed by atoms with van der Waals surface area (Å²) in [6, 6.07) is 9.99. The van der Waals surface area contributed by atoms with Gasteiger partial charge in [-0.25, -0.2) is 0 Å². The zero-order chi connectivity index (χ0) is 19.3. The molecule has 136 valence electrons. The van der Waals surface area contributed by atoms with E-state index >= 15 is 0 Å². The Balaban J connectivity index is 2.39. The highest BCUT2D eigenvalue weighted by atomic mass is 35.5. The molecule has 0 fully saturated rings. The molecule has 2 aromatic rings. The van der Waals surface area contributed by atoms with Crippen molar-refractivity contribution < 1.29 is 24.4 Å². The zero-order valence-electron chi connectivity index (χ0n) is 13.7. The van der Waals surface area contributed by atoms with Crippen LogP contribution in [-0.4, -0.2) is 40.5 Å². The lowest BCUT2D eigenvalue weighted by atomic mass is 10.1. The highest BCUT2D eigenvalue weighted by molar-refractivity contribution is 6.30. The van der Waals surface area contributed by atoms with Crippen LogP contribution in [-0.2, 0) is 11.3 Å². The Morgan fingerprint density at radius 2 is 1.88 bits per heavy atom. The van der Waals surface area contributed by atoms with E-state index < -0.39 is 23.3 Å². The van der Waals surface area contributed by atoms with Gasteiger partial charge in [0.1, 0.15) is 12.3 Å². The first-order valence-corrected chi connectivity index (χ1v) is 7.77. The van der Waals surface area contributed by atoms with Gasteiger partial charge in [0, 0.05) is 16.7 Å². The Morgan fingerprint density at radius 3 is 2.42 bits per heavy atom. The molecular formula is C17H15ClN2O6. The Hall–Kier alpha value is -3.13. The van der Waals surface area contributed by atoms with Crippen LogP contribution in [0.1, 0.15) is 15.9 Å². The molecule has 0 radical (unpaired) electrons. The highest BCUT2D eigenvalue weighted by Gasteiger charge is 2.23. The Kier molecular flexibility index (Phi) is 6.13. The summed E-state index contributed by atoms with van der Waals surface area (Å²) in [6.07, 6.45) is 0. The van der Waals surface area contributed by atoms with Crippen LogP contribution in [0.3, 0.4) is 0 Å². The number of carbonyl (C=O) groups excluding carboxylic acids is 1. The van der Waals surface area contributed by atoms with Crippen LogP contribution in [0.4, 0.5) is 5.69 Å². The van der Waals surface area contributed by atoms with Crippen LogP contribution in [0.2, 0.25) is 5.02 Å². The van der Waals surface area contributed by atoms with Crippen LogP contribution in [0, 0.1) is 10.1 Å². The van der Waals surface area contributed by atoms with E-state index in [2.05, 4.69) is 0 Å². The number of hydrogen-bond donors (Lipinski definition) is 1. The number of nitro groups is 1. The summed E-state index contributed by atoms with van der Waals surface area (Å²) in [6.45, 7) is -0.878. The lowest BCUT2D eigenvalue weighted by Crippen LogP contribution is -2.35. The largest absolute Gasteiger partial charge is 0.497 e. The van der Waals surface area contributed by atoms with E-state index in [0.717, 1.165) is 4.90 Å². The number of aliphatic carboxylic acids is 1. The fraction of sp³-hybridized carbons (Fsp3) is 0.176. The smallest absolute Gasteiger partial charge is 0.323 e. The minimum atomic E-state index is -1.24. The third kappa shape index (κ3) is 4.70. The first-order chi connectivity index (χ1) is 12.3. The van der Waals surface area contributed by atoms with Crippen LogP contribution in [0.25, 0.3) is 0 Å². The topological polar surface area (TPSA) is 110 Å². The normalized spacial score (nSPS) is 10.2. The number of ether oxygens (including phenoxy) is 1. The number of nitrogens with zero attached hydrogens (tertiary/aromatic N) is 2. The van der Waals surface area contributed by atoms with Crippen LogP contribution in [0.5, 0.6) is 5.75 Å². The fourth-order valence-electron chi connectivity index (χ4n) is 2.34. The van der Waals surface area contributed by atoms with Gasteiger partial charge in [-0.15, -0.1) is 0 Å². The van der Waals surface area contributed by atoms with Gasteiger partial charge < -0.3 is 14.7 Å². The molecule has 0 aromatic heterocycles. The van der Waals surface area contributed by atoms with E-state index in [4.69, 9.17) is 21.4 Å². The number of carboxylic acid groups (broad SMARTS) is 1. The molecule has 0 saturated carbocycles. The van der Waals surface area contributed by atoms with E-state index in [9.17, 15) is 19.7 Å². The average molecular weight is 379 g/mol. The van der Waals surface area contributed by atoms with Crippen LogP contribution >= 0.6 is 11.6 Å². The van der Waals surface area contributed by atoms with Gasteiger partial charge in [0.15, 0.2) is 0 Å². The molecule has 1 N–H and O–H groups in total. The third-order valence-corrected chi connectivity index (χ3v) is 3.80. The molecule has 2 rings (SSSR count). The monoisotopic (exact) mass is 378 g/mol. The van der Waals surface area contributed by atoms with Crippen molar-refractivity contribution in [3.63, 3.8) is 0 Å². The van der Waals surface area contributed by atoms with Gasteiger partial charge in [-0.05, 0) is 36.4 Å². The van der Waals surface area contributed by atoms with E-state index in [0.29, 0.717) is 10.8 Å². The fourth-order valence-corrected chi connectivity index (χ4v) is 2.46. The first kappa shape index (κ1) is 19.2. The zero-order valence-corrected chi connectivity index (χ0v) is 14.5. The minimum Gasteiger partial charge on any atom is -0.497 e. The molecule has 1 amide bonds. The number of amides is 1. The van der Waals surface area contributed by atoms with Gasteiger partial charge in [0.2, 0.25) is 0 Å². The summed E-state index contributed by atoms with van der Waals surface area (Å²) < 4.78 is 5.05. The van der Waals surface area contributed by atoms with E-state index in [-0.39, 0.29) is 23.4 Å². The molecule has 9 heteroatoms. The van der Waals surface area contributed by atoms with Crippen LogP contribution in [0.15, 0.2) is 42.5 Å². The molecular weight excluding hydrogens is 364 g/mol. The standard InChI is InChI=1S/C17H15ClN2O6/c1-26-14-6-7-15(20(24)25)12(8-14)9-19(10-16(21)22)17(23)11-2-4-13(18)5-3-11/h2-8H,9-10H2,1H3,(H,21,22). The molecule has 0 spiro atoms. The Bertz CT molecular complexity index is 838. The average Bonchev–Trinajstić information content (AvgIpc) is 2.60. The predicted molar refractivity (Wildman–Crippen MR) is 93.5 cm³/mol. The first-order valence-electron chi connectivity index (χ1n) is 7.39. The van der Waals surface area contributed by atoms with Crippen molar-refractivity contribution in [1.29, 1.82) is 0 Å². The summed E-state index contributed by atoms with van der Waals surface area (Å²) >= 11 is 5.79. The molecule has 26 heavy (non-hydrogen) atoms. The third-order valence-electron chi connectivity index (χ3n) is 3.55. The quantitative estimate of drug-likeness (QED) is 0.585. The van der Waals surface area contributed by atoms with Gasteiger partial charge in [0.05, 0.1) is 24.1 Å². The number of hydrogen-bond acceptors (Lipinski definition) is 5. The molecule has 0 bridgehead atoms. The molecule has 0 saturated heterocycles. The van der Waals surface area contributed by atoms with Gasteiger partial charge in [0.25, 0.3) is 11.6 Å². The maximum absolute atomic E-state index is 12.7. The maximum atomic E-state index is 12.7. The molecule has 0 aliphatic rings. The number of halogens is 1. The molecule has 0 unspecified atom stereocenters. The number of carbonyl (C=O) groups is 2. The number of nitro benzene ring substituents is 1. The van der Waals surface area contributed by atoms with Crippen molar-refractivity contribution in [2.45, 2.75) is 6.54 Å². The number of rotatable bonds is 7. The summed E-state index contributed by atoms with van der Waals surface area (Å²) in [4.78, 5) is 35.5. The Morgan fingerprint density at radius 1 is 1.23 bits per heavy atom. The van der Waals surface area contributed by atoms with Crippen molar-refractivity contribution in [3.05, 3.63) is 68.7 Å². The van der Waals surface area contributed by atoms with Crippen molar-refractivity contribution in [2.24, 2.45) is 0 Å². The summed E-state index contributed by atoms with van der Waals surface area (Å²) in [7, 11) is 1.40. The van der Waals surface area contributed by atoms with Crippen molar-refractivity contribution >= 4 is 29.2 Å². The molecule has 0 heterocycles. The molecule has 0 aliphatic carbocycles. The summed E-state index contributed by atoms with van der Waals surface area (Å²) in [5, 5.41) is 20.8. The maximum Gasteiger partial charge on any atom is 0.323 e. The van der Waals surface area contributed by atoms with Gasteiger partial charge in [-0.1, -0.05) is 11.6 Å². The van der Waals surface area contributed by atoms with Gasteiger partial charge in [-0.2, -0.15) is 0 Å². The minimum absolute atomic E-state index is 0.165. The SMILES string of the molecule is COc1ccc([N+](=O)[O-])c(CN(CC(=O)O)C(=O)c2ccc(Cl)cc2)c1. The predicted octanol–water partition coefficient (Wildman–Crippen LogP) is 2.98. The molecule has 0 atom stereocenters. The lowest BCUT2D eigenvalue weighted by Gasteiger charge is -2.21. The van der Waals surface area contributed by atoms with E-state index in [1.165, 1.54) is 49.6 Å². The van der Waals surface area contributed by atoms with Crippen molar-refractivity contribution in [3.8, 4) is 5.75 Å². The number of methoxy groups -OCH3 is 1. The summed E-state index contributed by atoms with van der Waals surface area (Å²) in [5.41, 5.74) is 0.157. The molecule has 0 aliphatic heterocycles. The second-order valence-electron chi connectivity index (χ2n) is 5.31. The number of carboxylic acids is 1. The van der Waals surface area contributed by atoms with Gasteiger partial charge >= 0.3 is 5.97 Å². The molecule has 2 aromatic carbocycles. The van der Waals surface area contributed by atoms with E-state index in [1.807, 2.05) is 0 Å². The van der Waals surface area contributed by atoms with E-state index in [1.54, 1.807) is 0 Å². The number of benzene rings is 2. The highest BCUT2D eigenvalue weighted by Crippen LogP contribution is 2.26. The van der Waals surface area contributed by atoms with Crippen molar-refractivity contribution in [1.82, 2.24) is 4.90 Å². The second kappa shape index (κ2) is 8.30. The summed E-state index contributed by atoms with van der Waals surface area (Å²) in [5.74, 6) is -1.46. The molecule has 8 nitrogen and oxygen atoms in total. The Labute approximate surface area is 153 Å². The van der Waals surface area contributed by atoms with Crippen molar-refractivity contribution in [2.75, 3.05) is 13.7 Å². The van der Waals surface area contributed by atoms with Crippen LogP contribution < -0.4 is 4.74 Å². The van der Waals surface area contributed by atoms with Gasteiger partial charge in [-0.3, -0.25) is 19.7 Å². The second-order valence-corrected chi connectivity index (χ2v) is 5.75.